The summed E-state index contributed by atoms with van der Waals surface area (Å²) in [7, 11) is 0. The smallest absolute Gasteiger partial charge is 0.137 e. The Labute approximate surface area is 120 Å². The first-order valence-corrected chi connectivity index (χ1v) is 6.79. The van der Waals surface area contributed by atoms with Gasteiger partial charge in [-0.15, -0.1) is 0 Å². The van der Waals surface area contributed by atoms with Crippen molar-refractivity contribution in [1.82, 2.24) is 0 Å². The SMILES string of the molecule is Clc1ccccc1OCCNc1cccc(Br)c1. The molecule has 0 aliphatic carbocycles. The molecule has 0 fully saturated rings. The number of benzene rings is 2. The fourth-order valence-electron chi connectivity index (χ4n) is 1.52. The molecule has 4 heteroatoms. The maximum atomic E-state index is 5.99. The highest BCUT2D eigenvalue weighted by atomic mass is 79.9. The third-order valence-corrected chi connectivity index (χ3v) is 3.16. The van der Waals surface area contributed by atoms with Crippen molar-refractivity contribution in [2.24, 2.45) is 0 Å². The molecule has 0 saturated heterocycles. The number of hydrogen-bond donors (Lipinski definition) is 1. The first-order chi connectivity index (χ1) is 8.75. The third kappa shape index (κ3) is 3.93. The van der Waals surface area contributed by atoms with Gasteiger partial charge in [-0.25, -0.2) is 0 Å². The van der Waals surface area contributed by atoms with Gasteiger partial charge in [-0.05, 0) is 30.3 Å². The molecule has 94 valence electrons. The third-order valence-electron chi connectivity index (χ3n) is 2.35. The van der Waals surface area contributed by atoms with Crippen LogP contribution in [-0.2, 0) is 0 Å². The molecule has 0 aromatic heterocycles. The van der Waals surface area contributed by atoms with E-state index in [0.29, 0.717) is 11.6 Å². The number of para-hydroxylation sites is 1. The van der Waals surface area contributed by atoms with Crippen LogP contribution in [0, 0.1) is 0 Å². The van der Waals surface area contributed by atoms with Crippen molar-refractivity contribution >= 4 is 33.2 Å². The van der Waals surface area contributed by atoms with Crippen LogP contribution in [0.25, 0.3) is 0 Å². The molecule has 0 unspecified atom stereocenters. The van der Waals surface area contributed by atoms with E-state index in [1.54, 1.807) is 0 Å². The molecule has 2 aromatic carbocycles. The molecule has 1 N–H and O–H groups in total. The number of ether oxygens (including phenoxy) is 1. The van der Waals surface area contributed by atoms with Gasteiger partial charge in [0, 0.05) is 16.7 Å². The molecule has 0 saturated carbocycles. The second-order valence-corrected chi connectivity index (χ2v) is 5.04. The van der Waals surface area contributed by atoms with Gasteiger partial charge in [-0.1, -0.05) is 45.7 Å². The van der Waals surface area contributed by atoms with E-state index in [9.17, 15) is 0 Å². The monoisotopic (exact) mass is 325 g/mol. The summed E-state index contributed by atoms with van der Waals surface area (Å²) in [5, 5.41) is 3.92. The molecule has 0 aliphatic rings. The Morgan fingerprint density at radius 1 is 1.11 bits per heavy atom. The van der Waals surface area contributed by atoms with Crippen LogP contribution >= 0.6 is 27.5 Å². The van der Waals surface area contributed by atoms with Crippen molar-refractivity contribution in [3.63, 3.8) is 0 Å². The molecular formula is C14H13BrClNO. The average Bonchev–Trinajstić information content (AvgIpc) is 2.37. The molecule has 2 rings (SSSR count). The van der Waals surface area contributed by atoms with Gasteiger partial charge in [0.05, 0.1) is 5.02 Å². The summed E-state index contributed by atoms with van der Waals surface area (Å²) in [5.41, 5.74) is 1.06. The lowest BCUT2D eigenvalue weighted by molar-refractivity contribution is 0.333. The minimum Gasteiger partial charge on any atom is -0.490 e. The van der Waals surface area contributed by atoms with E-state index in [0.717, 1.165) is 22.5 Å². The second-order valence-electron chi connectivity index (χ2n) is 3.72. The van der Waals surface area contributed by atoms with E-state index in [1.165, 1.54) is 0 Å². The second kappa shape index (κ2) is 6.66. The largest absolute Gasteiger partial charge is 0.490 e. The van der Waals surface area contributed by atoms with Crippen LogP contribution in [0.2, 0.25) is 5.02 Å². The van der Waals surface area contributed by atoms with E-state index in [2.05, 4.69) is 21.2 Å². The highest BCUT2D eigenvalue weighted by Gasteiger charge is 1.99. The molecule has 18 heavy (non-hydrogen) atoms. The Morgan fingerprint density at radius 2 is 1.94 bits per heavy atom. The maximum Gasteiger partial charge on any atom is 0.137 e. The molecule has 2 nitrogen and oxygen atoms in total. The van der Waals surface area contributed by atoms with Crippen LogP contribution in [0.5, 0.6) is 5.75 Å². The van der Waals surface area contributed by atoms with Crippen molar-refractivity contribution in [2.75, 3.05) is 18.5 Å². The number of rotatable bonds is 5. The highest BCUT2D eigenvalue weighted by molar-refractivity contribution is 9.10. The zero-order valence-corrected chi connectivity index (χ0v) is 12.0. The lowest BCUT2D eigenvalue weighted by atomic mass is 10.3. The molecule has 0 spiro atoms. The lowest BCUT2D eigenvalue weighted by Crippen LogP contribution is -2.11. The summed E-state index contributed by atoms with van der Waals surface area (Å²) >= 11 is 9.42. The first kappa shape index (κ1) is 13.2. The zero-order chi connectivity index (χ0) is 12.8. The van der Waals surface area contributed by atoms with Gasteiger partial charge < -0.3 is 10.1 Å². The fraction of sp³-hybridized carbons (Fsp3) is 0.143. The molecule has 0 aliphatic heterocycles. The van der Waals surface area contributed by atoms with Gasteiger partial charge in [-0.3, -0.25) is 0 Å². The van der Waals surface area contributed by atoms with Crippen molar-refractivity contribution in [3.8, 4) is 5.75 Å². The van der Waals surface area contributed by atoms with Gasteiger partial charge >= 0.3 is 0 Å². The van der Waals surface area contributed by atoms with Crippen LogP contribution in [0.15, 0.2) is 53.0 Å². The van der Waals surface area contributed by atoms with Gasteiger partial charge in [0.2, 0.25) is 0 Å². The van der Waals surface area contributed by atoms with Crippen LogP contribution in [0.3, 0.4) is 0 Å². The Morgan fingerprint density at radius 3 is 2.72 bits per heavy atom. The number of nitrogens with one attached hydrogen (secondary N) is 1. The summed E-state index contributed by atoms with van der Waals surface area (Å²) in [6.07, 6.45) is 0. The van der Waals surface area contributed by atoms with E-state index >= 15 is 0 Å². The summed E-state index contributed by atoms with van der Waals surface area (Å²) in [6, 6.07) is 15.5. The maximum absolute atomic E-state index is 5.99. The van der Waals surface area contributed by atoms with Gasteiger partial charge in [0.1, 0.15) is 12.4 Å². The predicted molar refractivity (Wildman–Crippen MR) is 79.6 cm³/mol. The quantitative estimate of drug-likeness (QED) is 0.811. The van der Waals surface area contributed by atoms with E-state index in [-0.39, 0.29) is 0 Å². The highest BCUT2D eigenvalue weighted by Crippen LogP contribution is 2.22. The fourth-order valence-corrected chi connectivity index (χ4v) is 2.11. The summed E-state index contributed by atoms with van der Waals surface area (Å²) in [6.45, 7) is 1.29. The molecule has 0 atom stereocenters. The van der Waals surface area contributed by atoms with Crippen molar-refractivity contribution in [3.05, 3.63) is 58.0 Å². The topological polar surface area (TPSA) is 21.3 Å². The summed E-state index contributed by atoms with van der Waals surface area (Å²) < 4.78 is 6.64. The molecule has 0 bridgehead atoms. The van der Waals surface area contributed by atoms with E-state index in [1.807, 2.05) is 48.5 Å². The van der Waals surface area contributed by atoms with Crippen LogP contribution in [0.1, 0.15) is 0 Å². The minimum absolute atomic E-state index is 0.566. The lowest BCUT2D eigenvalue weighted by Gasteiger charge is -2.09. The van der Waals surface area contributed by atoms with E-state index < -0.39 is 0 Å². The van der Waals surface area contributed by atoms with Crippen molar-refractivity contribution in [2.45, 2.75) is 0 Å². The first-order valence-electron chi connectivity index (χ1n) is 5.62. The molecule has 0 heterocycles. The van der Waals surface area contributed by atoms with Crippen LogP contribution in [0.4, 0.5) is 5.69 Å². The number of halogens is 2. The Kier molecular flexibility index (Phi) is 4.90. The van der Waals surface area contributed by atoms with Crippen LogP contribution in [-0.4, -0.2) is 13.2 Å². The number of hydrogen-bond acceptors (Lipinski definition) is 2. The standard InChI is InChI=1S/C14H13BrClNO/c15-11-4-3-5-12(10-11)17-8-9-18-14-7-2-1-6-13(14)16/h1-7,10,17H,8-9H2. The molecular weight excluding hydrogens is 314 g/mol. The minimum atomic E-state index is 0.566. The molecule has 0 amide bonds. The van der Waals surface area contributed by atoms with Crippen molar-refractivity contribution < 1.29 is 4.74 Å². The van der Waals surface area contributed by atoms with Gasteiger partial charge in [0.15, 0.2) is 0 Å². The predicted octanol–water partition coefficient (Wildman–Crippen LogP) is 4.59. The van der Waals surface area contributed by atoms with Crippen molar-refractivity contribution in [1.29, 1.82) is 0 Å². The number of anilines is 1. The Bertz CT molecular complexity index is 519. The average molecular weight is 327 g/mol. The van der Waals surface area contributed by atoms with Crippen LogP contribution < -0.4 is 10.1 Å². The Balaban J connectivity index is 1.78. The van der Waals surface area contributed by atoms with E-state index in [4.69, 9.17) is 16.3 Å². The summed E-state index contributed by atoms with van der Waals surface area (Å²) in [5.74, 6) is 0.718. The Hall–Kier alpha value is -1.19. The molecule has 0 radical (unpaired) electrons. The van der Waals surface area contributed by atoms with Gasteiger partial charge in [-0.2, -0.15) is 0 Å². The van der Waals surface area contributed by atoms with Gasteiger partial charge in [0.25, 0.3) is 0 Å². The molecule has 2 aromatic rings. The zero-order valence-electron chi connectivity index (χ0n) is 9.70. The normalized spacial score (nSPS) is 10.1. The summed E-state index contributed by atoms with van der Waals surface area (Å²) in [4.78, 5) is 0.